The summed E-state index contributed by atoms with van der Waals surface area (Å²) in [6, 6.07) is 0. The van der Waals surface area contributed by atoms with E-state index in [0.717, 1.165) is 0 Å². The van der Waals surface area contributed by atoms with Crippen LogP contribution in [0.25, 0.3) is 0 Å². The van der Waals surface area contributed by atoms with Crippen LogP contribution in [0, 0.1) is 11.8 Å². The maximum atomic E-state index is 12.2. The van der Waals surface area contributed by atoms with Gasteiger partial charge in [-0.05, 0) is 12.8 Å². The molecule has 1 saturated heterocycles. The Bertz CT molecular complexity index is 368. The number of carbonyl (C=O) groups excluding carboxylic acids is 2. The number of rotatable bonds is 6. The molecule has 2 amide bonds. The molecule has 1 aliphatic rings. The van der Waals surface area contributed by atoms with Gasteiger partial charge in [0.25, 0.3) is 0 Å². The van der Waals surface area contributed by atoms with Crippen LogP contribution in [0.5, 0.6) is 0 Å². The molecule has 19 heavy (non-hydrogen) atoms. The van der Waals surface area contributed by atoms with Gasteiger partial charge in [0.1, 0.15) is 6.54 Å². The number of carbonyl (C=O) groups is 3. The Morgan fingerprint density at radius 2 is 2.11 bits per heavy atom. The van der Waals surface area contributed by atoms with E-state index in [2.05, 4.69) is 0 Å². The molecule has 0 spiro atoms. The zero-order valence-corrected chi connectivity index (χ0v) is 11.8. The molecule has 1 aliphatic heterocycles. The molecular formula is C13H22N2O4. The van der Waals surface area contributed by atoms with Crippen molar-refractivity contribution in [3.05, 3.63) is 0 Å². The Kier molecular flexibility index (Phi) is 5.32. The van der Waals surface area contributed by atoms with Crippen LogP contribution in [0.15, 0.2) is 0 Å². The third-order valence-electron chi connectivity index (χ3n) is 3.17. The molecule has 1 atom stereocenters. The zero-order valence-electron chi connectivity index (χ0n) is 11.8. The van der Waals surface area contributed by atoms with Crippen LogP contribution in [-0.4, -0.2) is 58.9 Å². The molecule has 0 aliphatic carbocycles. The zero-order chi connectivity index (χ0) is 14.6. The summed E-state index contributed by atoms with van der Waals surface area (Å²) in [6.07, 6.45) is 0.196. The first-order chi connectivity index (χ1) is 8.85. The summed E-state index contributed by atoms with van der Waals surface area (Å²) in [5, 5.41) is 8.76. The van der Waals surface area contributed by atoms with Crippen molar-refractivity contribution in [3.8, 4) is 0 Å². The van der Waals surface area contributed by atoms with Gasteiger partial charge in [-0.25, -0.2) is 0 Å². The van der Waals surface area contributed by atoms with E-state index in [-0.39, 0.29) is 24.8 Å². The SMILES string of the molecule is CCN(CC(=O)O)C(=O)C1CC(=O)N(CC(C)C)C1. The predicted molar refractivity (Wildman–Crippen MR) is 69.4 cm³/mol. The molecule has 0 saturated carbocycles. The molecule has 6 heteroatoms. The number of likely N-dealkylation sites (N-methyl/N-ethyl adjacent to an activating group) is 1. The van der Waals surface area contributed by atoms with Crippen LogP contribution in [0.1, 0.15) is 27.2 Å². The number of nitrogens with zero attached hydrogens (tertiary/aromatic N) is 2. The lowest BCUT2D eigenvalue weighted by molar-refractivity contribution is -0.146. The van der Waals surface area contributed by atoms with Gasteiger partial charge in [-0.3, -0.25) is 14.4 Å². The number of carboxylic acid groups (broad SMARTS) is 1. The molecule has 1 rings (SSSR count). The highest BCUT2D eigenvalue weighted by Crippen LogP contribution is 2.21. The predicted octanol–water partition coefficient (Wildman–Crippen LogP) is 0.424. The maximum Gasteiger partial charge on any atom is 0.323 e. The number of aliphatic carboxylic acids is 1. The largest absolute Gasteiger partial charge is 0.480 e. The average Bonchev–Trinajstić information content (AvgIpc) is 2.66. The van der Waals surface area contributed by atoms with Crippen molar-refractivity contribution in [2.75, 3.05) is 26.2 Å². The lowest BCUT2D eigenvalue weighted by Gasteiger charge is -2.23. The second-order valence-corrected chi connectivity index (χ2v) is 5.34. The molecule has 1 N–H and O–H groups in total. The minimum Gasteiger partial charge on any atom is -0.480 e. The van der Waals surface area contributed by atoms with Crippen LogP contribution in [-0.2, 0) is 14.4 Å². The average molecular weight is 270 g/mol. The molecule has 0 aromatic heterocycles. The first-order valence-electron chi connectivity index (χ1n) is 6.63. The Hall–Kier alpha value is -1.59. The van der Waals surface area contributed by atoms with Crippen LogP contribution in [0.4, 0.5) is 0 Å². The van der Waals surface area contributed by atoms with Crippen molar-refractivity contribution in [2.24, 2.45) is 11.8 Å². The smallest absolute Gasteiger partial charge is 0.323 e. The lowest BCUT2D eigenvalue weighted by Crippen LogP contribution is -2.40. The molecule has 0 aromatic rings. The molecule has 108 valence electrons. The van der Waals surface area contributed by atoms with Gasteiger partial charge in [-0.15, -0.1) is 0 Å². The van der Waals surface area contributed by atoms with E-state index >= 15 is 0 Å². The topological polar surface area (TPSA) is 77.9 Å². The van der Waals surface area contributed by atoms with Crippen molar-refractivity contribution in [1.29, 1.82) is 0 Å². The Morgan fingerprint density at radius 3 is 2.58 bits per heavy atom. The molecule has 6 nitrogen and oxygen atoms in total. The van der Waals surface area contributed by atoms with E-state index in [9.17, 15) is 14.4 Å². The van der Waals surface area contributed by atoms with Gasteiger partial charge in [0.2, 0.25) is 11.8 Å². The minimum atomic E-state index is -1.03. The molecule has 1 fully saturated rings. The Morgan fingerprint density at radius 1 is 1.47 bits per heavy atom. The van der Waals surface area contributed by atoms with Gasteiger partial charge >= 0.3 is 5.97 Å². The number of likely N-dealkylation sites (tertiary alicyclic amines) is 1. The van der Waals surface area contributed by atoms with Gasteiger partial charge in [-0.1, -0.05) is 13.8 Å². The standard InChI is InChI=1S/C13H22N2O4/c1-4-14(8-12(17)18)13(19)10-5-11(16)15(7-10)6-9(2)3/h9-10H,4-8H2,1-3H3,(H,17,18). The fraction of sp³-hybridized carbons (Fsp3) is 0.769. The highest BCUT2D eigenvalue weighted by molar-refractivity contribution is 5.90. The summed E-state index contributed by atoms with van der Waals surface area (Å²) in [5.74, 6) is -1.31. The Balaban J connectivity index is 2.63. The van der Waals surface area contributed by atoms with Crippen molar-refractivity contribution in [1.82, 2.24) is 9.80 Å². The fourth-order valence-corrected chi connectivity index (χ4v) is 2.32. The number of amides is 2. The van der Waals surface area contributed by atoms with Gasteiger partial charge < -0.3 is 14.9 Å². The monoisotopic (exact) mass is 270 g/mol. The lowest BCUT2D eigenvalue weighted by atomic mass is 10.1. The molecule has 0 bridgehead atoms. The van der Waals surface area contributed by atoms with E-state index in [1.54, 1.807) is 11.8 Å². The van der Waals surface area contributed by atoms with Crippen LogP contribution in [0.2, 0.25) is 0 Å². The molecular weight excluding hydrogens is 248 g/mol. The van der Waals surface area contributed by atoms with Gasteiger partial charge in [-0.2, -0.15) is 0 Å². The van der Waals surface area contributed by atoms with E-state index in [1.807, 2.05) is 13.8 Å². The van der Waals surface area contributed by atoms with Crippen LogP contribution < -0.4 is 0 Å². The third kappa shape index (κ3) is 4.22. The van der Waals surface area contributed by atoms with E-state index in [4.69, 9.17) is 5.11 Å². The van der Waals surface area contributed by atoms with Gasteiger partial charge in [0, 0.05) is 26.1 Å². The highest BCUT2D eigenvalue weighted by Gasteiger charge is 2.36. The van der Waals surface area contributed by atoms with Crippen molar-refractivity contribution in [2.45, 2.75) is 27.2 Å². The number of hydrogen-bond acceptors (Lipinski definition) is 3. The first-order valence-corrected chi connectivity index (χ1v) is 6.63. The summed E-state index contributed by atoms with van der Waals surface area (Å²) in [7, 11) is 0. The minimum absolute atomic E-state index is 0.0153. The molecule has 0 radical (unpaired) electrons. The normalized spacial score (nSPS) is 19.1. The van der Waals surface area contributed by atoms with Crippen molar-refractivity contribution in [3.63, 3.8) is 0 Å². The van der Waals surface area contributed by atoms with Crippen molar-refractivity contribution >= 4 is 17.8 Å². The second-order valence-electron chi connectivity index (χ2n) is 5.34. The van der Waals surface area contributed by atoms with Gasteiger partial charge in [0.05, 0.1) is 5.92 Å². The summed E-state index contributed by atoms with van der Waals surface area (Å²) in [6.45, 7) is 6.88. The van der Waals surface area contributed by atoms with Crippen LogP contribution >= 0.6 is 0 Å². The first kappa shape index (κ1) is 15.5. The van der Waals surface area contributed by atoms with Gasteiger partial charge in [0.15, 0.2) is 0 Å². The molecule has 1 heterocycles. The quantitative estimate of drug-likeness (QED) is 0.759. The summed E-state index contributed by atoms with van der Waals surface area (Å²) in [4.78, 5) is 37.6. The number of hydrogen-bond donors (Lipinski definition) is 1. The summed E-state index contributed by atoms with van der Waals surface area (Å²) in [5.41, 5.74) is 0. The highest BCUT2D eigenvalue weighted by atomic mass is 16.4. The molecule has 1 unspecified atom stereocenters. The fourth-order valence-electron chi connectivity index (χ4n) is 2.32. The maximum absolute atomic E-state index is 12.2. The molecule has 0 aromatic carbocycles. The summed E-state index contributed by atoms with van der Waals surface area (Å²) >= 11 is 0. The Labute approximate surface area is 113 Å². The second kappa shape index (κ2) is 6.54. The van der Waals surface area contributed by atoms with Crippen molar-refractivity contribution < 1.29 is 19.5 Å². The number of carboxylic acids is 1. The third-order valence-corrected chi connectivity index (χ3v) is 3.17. The van der Waals surface area contributed by atoms with E-state index in [0.29, 0.717) is 25.6 Å². The van der Waals surface area contributed by atoms with E-state index in [1.165, 1.54) is 4.90 Å². The summed E-state index contributed by atoms with van der Waals surface area (Å²) < 4.78 is 0. The van der Waals surface area contributed by atoms with Crippen LogP contribution in [0.3, 0.4) is 0 Å². The van der Waals surface area contributed by atoms with E-state index < -0.39 is 11.9 Å².